The van der Waals surface area contributed by atoms with Gasteiger partial charge in [-0.2, -0.15) is 0 Å². The Hall–Kier alpha value is -3.20. The van der Waals surface area contributed by atoms with Crippen molar-refractivity contribution in [2.75, 3.05) is 23.4 Å². The van der Waals surface area contributed by atoms with E-state index in [9.17, 15) is 19.5 Å². The number of imide groups is 1. The van der Waals surface area contributed by atoms with Crippen molar-refractivity contribution in [3.63, 3.8) is 0 Å². The zero-order valence-corrected chi connectivity index (χ0v) is 22.7. The number of allylic oxidation sites excluding steroid dienone is 1. The lowest BCUT2D eigenvalue weighted by molar-refractivity contribution is -0.173. The molecule has 202 valence electrons. The summed E-state index contributed by atoms with van der Waals surface area (Å²) in [5, 5.41) is 12.6. The smallest absolute Gasteiger partial charge is 0.290 e. The van der Waals surface area contributed by atoms with Crippen LogP contribution in [0.3, 0.4) is 0 Å². The number of amides is 3. The molecule has 0 fully saturated rings. The minimum Gasteiger partial charge on any atom is -0.459 e. The largest absolute Gasteiger partial charge is 0.459 e. The second kappa shape index (κ2) is 11.7. The molecule has 0 bridgehead atoms. The van der Waals surface area contributed by atoms with Crippen molar-refractivity contribution in [1.29, 1.82) is 0 Å². The van der Waals surface area contributed by atoms with Gasteiger partial charge < -0.3 is 19.9 Å². The number of aliphatic hydroxyl groups is 1. The van der Waals surface area contributed by atoms with Crippen LogP contribution in [0.5, 0.6) is 0 Å². The first-order valence-electron chi connectivity index (χ1n) is 12.9. The Bertz CT molecular complexity index is 1270. The van der Waals surface area contributed by atoms with E-state index in [0.29, 0.717) is 40.6 Å². The minimum absolute atomic E-state index is 0.0229. The number of nitrogens with one attached hydrogen (secondary N) is 1. The Labute approximate surface area is 227 Å². The van der Waals surface area contributed by atoms with Gasteiger partial charge in [0.15, 0.2) is 5.76 Å². The highest BCUT2D eigenvalue weighted by atomic mass is 35.5. The molecule has 2 aliphatic heterocycles. The van der Waals surface area contributed by atoms with Crippen molar-refractivity contribution >= 4 is 40.7 Å². The second-order valence-corrected chi connectivity index (χ2v) is 10.4. The van der Waals surface area contributed by atoms with E-state index < -0.39 is 24.0 Å². The van der Waals surface area contributed by atoms with Crippen molar-refractivity contribution in [1.82, 2.24) is 0 Å². The molecular formula is C29H33ClN2O6. The fourth-order valence-electron chi connectivity index (χ4n) is 5.13. The first-order valence-corrected chi connectivity index (χ1v) is 13.2. The molecule has 4 rings (SSSR count). The minimum atomic E-state index is -0.587. The van der Waals surface area contributed by atoms with Crippen LogP contribution < -0.4 is 10.2 Å². The van der Waals surface area contributed by atoms with Crippen LogP contribution >= 0.6 is 11.6 Å². The summed E-state index contributed by atoms with van der Waals surface area (Å²) in [6.45, 7) is 8.34. The molecule has 2 heterocycles. The number of fused-ring (bicyclic) bond motifs is 1. The maximum Gasteiger partial charge on any atom is 0.290 e. The molecule has 0 aliphatic carbocycles. The highest BCUT2D eigenvalue weighted by Gasteiger charge is 2.39. The van der Waals surface area contributed by atoms with Crippen LogP contribution in [-0.4, -0.2) is 42.3 Å². The predicted octanol–water partition coefficient (Wildman–Crippen LogP) is 5.33. The summed E-state index contributed by atoms with van der Waals surface area (Å²) in [6.07, 6.45) is 2.61. The van der Waals surface area contributed by atoms with Gasteiger partial charge >= 0.3 is 0 Å². The number of hydrogen-bond acceptors (Lipinski definition) is 6. The van der Waals surface area contributed by atoms with Crippen molar-refractivity contribution in [2.45, 2.75) is 46.8 Å². The van der Waals surface area contributed by atoms with Gasteiger partial charge in [-0.3, -0.25) is 14.4 Å². The van der Waals surface area contributed by atoms with Crippen LogP contribution in [0.15, 0.2) is 48.2 Å². The zero-order valence-electron chi connectivity index (χ0n) is 22.0. The van der Waals surface area contributed by atoms with E-state index >= 15 is 0 Å². The van der Waals surface area contributed by atoms with E-state index in [1.165, 1.54) is 6.07 Å². The maximum absolute atomic E-state index is 13.2. The van der Waals surface area contributed by atoms with Crippen LogP contribution in [0.4, 0.5) is 11.4 Å². The molecule has 2 N–H and O–H groups in total. The number of aryl methyl sites for hydroxylation is 1. The molecule has 0 saturated heterocycles. The molecule has 0 unspecified atom stereocenters. The standard InChI is InChI=1S/C29H33ClN2O6/c1-5-37-29-21(7-6-12-33)22(16(2)3)15-25(38-29)26(34)31-19-9-11-24(17(4)13-19)32-27(35)20-10-8-18(30)14-23(20)28(32)36/h8-11,13-16,21-22,29,33H,5-7,12H2,1-4H3,(H,31,34)/t21-,22-,29-/m1/s1. The Balaban J connectivity index is 1.54. The lowest BCUT2D eigenvalue weighted by atomic mass is 9.78. The van der Waals surface area contributed by atoms with Crippen LogP contribution in [0.2, 0.25) is 5.02 Å². The number of halogens is 1. The predicted molar refractivity (Wildman–Crippen MR) is 145 cm³/mol. The molecule has 2 aromatic rings. The highest BCUT2D eigenvalue weighted by Crippen LogP contribution is 2.38. The number of nitrogens with zero attached hydrogens (tertiary/aromatic N) is 1. The Kier molecular flexibility index (Phi) is 8.55. The fourth-order valence-corrected chi connectivity index (χ4v) is 5.31. The molecule has 0 saturated carbocycles. The number of aliphatic hydroxyl groups excluding tert-OH is 1. The third-order valence-electron chi connectivity index (χ3n) is 7.00. The van der Waals surface area contributed by atoms with Crippen molar-refractivity contribution < 1.29 is 29.0 Å². The average Bonchev–Trinajstić information content (AvgIpc) is 3.12. The normalized spacial score (nSPS) is 20.9. The van der Waals surface area contributed by atoms with Crippen LogP contribution in [-0.2, 0) is 14.3 Å². The van der Waals surface area contributed by atoms with Crippen LogP contribution in [0.1, 0.15) is 59.9 Å². The molecule has 3 amide bonds. The van der Waals surface area contributed by atoms with E-state index in [1.54, 1.807) is 37.3 Å². The molecule has 2 aromatic carbocycles. The van der Waals surface area contributed by atoms with Gasteiger partial charge in [0.2, 0.25) is 6.29 Å². The molecule has 2 aliphatic rings. The summed E-state index contributed by atoms with van der Waals surface area (Å²) in [5.41, 5.74) is 2.14. The molecule has 38 heavy (non-hydrogen) atoms. The number of carbonyl (C=O) groups excluding carboxylic acids is 3. The lowest BCUT2D eigenvalue weighted by Crippen LogP contribution is -2.40. The first-order chi connectivity index (χ1) is 18.2. The van der Waals surface area contributed by atoms with Gasteiger partial charge in [-0.15, -0.1) is 0 Å². The molecule has 0 aromatic heterocycles. The summed E-state index contributed by atoms with van der Waals surface area (Å²) in [4.78, 5) is 40.3. The molecule has 8 nitrogen and oxygen atoms in total. The van der Waals surface area contributed by atoms with E-state index in [-0.39, 0.29) is 35.7 Å². The molecule has 0 spiro atoms. The molecule has 9 heteroatoms. The summed E-state index contributed by atoms with van der Waals surface area (Å²) < 4.78 is 11.8. The van der Waals surface area contributed by atoms with E-state index in [2.05, 4.69) is 19.2 Å². The van der Waals surface area contributed by atoms with Gasteiger partial charge in [0.25, 0.3) is 17.7 Å². The number of ether oxygens (including phenoxy) is 2. The van der Waals surface area contributed by atoms with Crippen LogP contribution in [0.25, 0.3) is 0 Å². The van der Waals surface area contributed by atoms with E-state index in [4.69, 9.17) is 21.1 Å². The van der Waals surface area contributed by atoms with E-state index in [1.807, 2.05) is 13.0 Å². The zero-order chi connectivity index (χ0) is 27.6. The Morgan fingerprint density at radius 2 is 1.89 bits per heavy atom. The van der Waals surface area contributed by atoms with Gasteiger partial charge in [0.05, 0.1) is 16.8 Å². The maximum atomic E-state index is 13.2. The first kappa shape index (κ1) is 27.8. The lowest BCUT2D eigenvalue weighted by Gasteiger charge is -2.38. The fraction of sp³-hybridized carbons (Fsp3) is 0.414. The SMILES string of the molecule is CCO[C@@H]1OC(C(=O)Nc2ccc(N3C(=O)c4ccc(Cl)cc4C3=O)c(C)c2)=C[C@H](C(C)C)[C@H]1CCCO. The molecular weight excluding hydrogens is 508 g/mol. The van der Waals surface area contributed by atoms with Gasteiger partial charge in [-0.25, -0.2) is 4.90 Å². The summed E-state index contributed by atoms with van der Waals surface area (Å²) >= 11 is 6.02. The highest BCUT2D eigenvalue weighted by molar-refractivity contribution is 6.37. The van der Waals surface area contributed by atoms with Crippen molar-refractivity contribution in [3.05, 3.63) is 69.9 Å². The van der Waals surface area contributed by atoms with Gasteiger partial charge in [-0.1, -0.05) is 25.4 Å². The monoisotopic (exact) mass is 540 g/mol. The third-order valence-corrected chi connectivity index (χ3v) is 7.23. The number of anilines is 2. The Morgan fingerprint density at radius 1 is 1.16 bits per heavy atom. The summed E-state index contributed by atoms with van der Waals surface area (Å²) in [5.74, 6) is -0.784. The van der Waals surface area contributed by atoms with Gasteiger partial charge in [0.1, 0.15) is 0 Å². The van der Waals surface area contributed by atoms with E-state index in [0.717, 1.165) is 11.3 Å². The molecule has 3 atom stereocenters. The van der Waals surface area contributed by atoms with Gasteiger partial charge in [0, 0.05) is 29.8 Å². The molecule has 0 radical (unpaired) electrons. The Morgan fingerprint density at radius 3 is 2.55 bits per heavy atom. The number of hydrogen-bond donors (Lipinski definition) is 2. The quantitative estimate of drug-likeness (QED) is 0.417. The number of carbonyl (C=O) groups is 3. The third kappa shape index (κ3) is 5.48. The summed E-state index contributed by atoms with van der Waals surface area (Å²) in [6, 6.07) is 9.61. The summed E-state index contributed by atoms with van der Waals surface area (Å²) in [7, 11) is 0. The van der Waals surface area contributed by atoms with Gasteiger partial charge in [-0.05, 0) is 86.6 Å². The van der Waals surface area contributed by atoms with Crippen molar-refractivity contribution in [3.8, 4) is 0 Å². The number of rotatable bonds is 9. The van der Waals surface area contributed by atoms with Crippen LogP contribution in [0, 0.1) is 24.7 Å². The van der Waals surface area contributed by atoms with Crippen molar-refractivity contribution in [2.24, 2.45) is 17.8 Å². The average molecular weight is 541 g/mol. The second-order valence-electron chi connectivity index (χ2n) is 9.91. The topological polar surface area (TPSA) is 105 Å². The number of benzene rings is 2.